The third-order valence-electron chi connectivity index (χ3n) is 2.18. The van der Waals surface area contributed by atoms with E-state index >= 15 is 0 Å². The number of hydrogen-bond acceptors (Lipinski definition) is 8. The molecule has 0 radical (unpaired) electrons. The van der Waals surface area contributed by atoms with Gasteiger partial charge in [0, 0.05) is 6.07 Å². The van der Waals surface area contributed by atoms with Crippen LogP contribution in [0.4, 0.5) is 5.82 Å². The highest BCUT2D eigenvalue weighted by Crippen LogP contribution is 2.12. The molecule has 110 valence electrons. The second-order valence-corrected chi connectivity index (χ2v) is 5.20. The van der Waals surface area contributed by atoms with Gasteiger partial charge in [0.2, 0.25) is 10.0 Å². The molecule has 0 aliphatic carbocycles. The summed E-state index contributed by atoms with van der Waals surface area (Å²) >= 11 is 0. The number of aliphatic hydroxyl groups excluding tert-OH is 1. The van der Waals surface area contributed by atoms with Crippen LogP contribution in [0.2, 0.25) is 0 Å². The molecule has 11 heteroatoms. The van der Waals surface area contributed by atoms with E-state index in [1.165, 1.54) is 0 Å². The maximum atomic E-state index is 11.9. The average molecular weight is 305 g/mol. The smallest absolute Gasteiger partial charge is 0.363 e. The van der Waals surface area contributed by atoms with E-state index in [1.807, 2.05) is 4.72 Å². The van der Waals surface area contributed by atoms with Crippen molar-refractivity contribution < 1.29 is 28.0 Å². The molecule has 1 aromatic heterocycles. The molecule has 1 unspecified atom stereocenters. The van der Waals surface area contributed by atoms with Gasteiger partial charge in [0.25, 0.3) is 0 Å². The molecule has 1 aromatic rings. The first-order chi connectivity index (χ1) is 9.31. The van der Waals surface area contributed by atoms with Gasteiger partial charge in [0.1, 0.15) is 10.9 Å². The lowest BCUT2D eigenvalue weighted by Gasteiger charge is -2.13. The van der Waals surface area contributed by atoms with Crippen molar-refractivity contribution in [1.82, 2.24) is 9.71 Å². The summed E-state index contributed by atoms with van der Waals surface area (Å²) in [6, 6.07) is 0.389. The van der Waals surface area contributed by atoms with Crippen molar-refractivity contribution in [3.8, 4) is 0 Å². The molecule has 0 aliphatic rings. The molecule has 0 saturated heterocycles. The van der Waals surface area contributed by atoms with Crippen molar-refractivity contribution in [3.05, 3.63) is 28.4 Å². The first-order valence-corrected chi connectivity index (χ1v) is 6.61. The van der Waals surface area contributed by atoms with Gasteiger partial charge in [-0.05, 0) is 16.0 Å². The lowest BCUT2D eigenvalue weighted by Crippen LogP contribution is -2.43. The fraction of sp³-hybridized carbons (Fsp3) is 0.333. The summed E-state index contributed by atoms with van der Waals surface area (Å²) in [5, 5.41) is 19.3. The van der Waals surface area contributed by atoms with Gasteiger partial charge in [-0.25, -0.2) is 8.42 Å². The first kappa shape index (κ1) is 15.9. The van der Waals surface area contributed by atoms with Gasteiger partial charge in [0.15, 0.2) is 6.20 Å². The number of rotatable bonds is 6. The molecule has 2 N–H and O–H groups in total. The number of hydrogen-bond donors (Lipinski definition) is 2. The van der Waals surface area contributed by atoms with E-state index in [0.717, 1.165) is 25.4 Å². The number of nitrogens with one attached hydrogen (secondary N) is 1. The van der Waals surface area contributed by atoms with E-state index < -0.39 is 39.4 Å². The van der Waals surface area contributed by atoms with Crippen molar-refractivity contribution in [2.24, 2.45) is 0 Å². The molecule has 0 fully saturated rings. The van der Waals surface area contributed by atoms with Crippen LogP contribution in [0.1, 0.15) is 0 Å². The highest BCUT2D eigenvalue weighted by molar-refractivity contribution is 7.89. The van der Waals surface area contributed by atoms with Gasteiger partial charge in [-0.1, -0.05) is 0 Å². The molecule has 0 amide bonds. The van der Waals surface area contributed by atoms with Gasteiger partial charge < -0.3 is 20.0 Å². The Morgan fingerprint density at radius 2 is 2.25 bits per heavy atom. The van der Waals surface area contributed by atoms with Gasteiger partial charge >= 0.3 is 11.8 Å². The summed E-state index contributed by atoms with van der Waals surface area (Å²) in [6.45, 7) is -0.799. The third-order valence-corrected chi connectivity index (χ3v) is 3.64. The van der Waals surface area contributed by atoms with Gasteiger partial charge in [0.05, 0.1) is 13.7 Å². The number of ether oxygens (including phenoxy) is 1. The SMILES string of the molecule is COC(=O)C(CO)NS(=O)(=O)c1ccc([N+](=O)[O-])nc1. The second kappa shape index (κ2) is 6.36. The van der Waals surface area contributed by atoms with E-state index in [2.05, 4.69) is 9.72 Å². The molecule has 1 heterocycles. The van der Waals surface area contributed by atoms with E-state index in [4.69, 9.17) is 5.11 Å². The van der Waals surface area contributed by atoms with Crippen molar-refractivity contribution in [1.29, 1.82) is 0 Å². The number of carbonyl (C=O) groups is 1. The summed E-state index contributed by atoms with van der Waals surface area (Å²) < 4.78 is 29.9. The number of nitro groups is 1. The molecule has 0 aliphatic heterocycles. The highest BCUT2D eigenvalue weighted by atomic mass is 32.2. The summed E-state index contributed by atoms with van der Waals surface area (Å²) in [5.74, 6) is -1.48. The maximum Gasteiger partial charge on any atom is 0.363 e. The highest BCUT2D eigenvalue weighted by Gasteiger charge is 2.27. The lowest BCUT2D eigenvalue weighted by molar-refractivity contribution is -0.389. The molecule has 0 saturated carbocycles. The molecule has 0 aromatic carbocycles. The number of aromatic nitrogens is 1. The van der Waals surface area contributed by atoms with Gasteiger partial charge in [-0.15, -0.1) is 0 Å². The molecule has 1 rings (SSSR count). The largest absolute Gasteiger partial charge is 0.468 e. The molecule has 1 atom stereocenters. The number of carbonyl (C=O) groups excluding carboxylic acids is 1. The lowest BCUT2D eigenvalue weighted by atomic mass is 10.3. The summed E-state index contributed by atoms with van der Waals surface area (Å²) in [5.41, 5.74) is 0. The van der Waals surface area contributed by atoms with Crippen molar-refractivity contribution in [2.75, 3.05) is 13.7 Å². The second-order valence-electron chi connectivity index (χ2n) is 3.49. The molecule has 10 nitrogen and oxygen atoms in total. The van der Waals surface area contributed by atoms with E-state index in [9.17, 15) is 23.3 Å². The number of pyridine rings is 1. The van der Waals surface area contributed by atoms with Gasteiger partial charge in [-0.2, -0.15) is 4.72 Å². The molecular weight excluding hydrogens is 294 g/mol. The monoisotopic (exact) mass is 305 g/mol. The Balaban J connectivity index is 2.98. The summed E-state index contributed by atoms with van der Waals surface area (Å²) in [4.78, 5) is 23.8. The quantitative estimate of drug-likeness (QED) is 0.378. The van der Waals surface area contributed by atoms with E-state index in [1.54, 1.807) is 0 Å². The zero-order chi connectivity index (χ0) is 15.3. The minimum absolute atomic E-state index is 0.384. The molecule has 20 heavy (non-hydrogen) atoms. The topological polar surface area (TPSA) is 149 Å². The average Bonchev–Trinajstić information content (AvgIpc) is 2.44. The Kier molecular flexibility index (Phi) is 5.07. The van der Waals surface area contributed by atoms with Crippen LogP contribution in [0.3, 0.4) is 0 Å². The fourth-order valence-electron chi connectivity index (χ4n) is 1.20. The number of esters is 1. The Labute approximate surface area is 113 Å². The van der Waals surface area contributed by atoms with Crippen LogP contribution in [0.15, 0.2) is 23.2 Å². The van der Waals surface area contributed by atoms with E-state index in [0.29, 0.717) is 0 Å². The zero-order valence-electron chi connectivity index (χ0n) is 10.2. The van der Waals surface area contributed by atoms with Crippen LogP contribution < -0.4 is 4.72 Å². The predicted octanol–water partition coefficient (Wildman–Crippen LogP) is -1.20. The Hall–Kier alpha value is -2.11. The zero-order valence-corrected chi connectivity index (χ0v) is 11.0. The molecular formula is C9H11N3O7S. The Bertz CT molecular complexity index is 598. The minimum atomic E-state index is -4.17. The van der Waals surface area contributed by atoms with Crippen molar-refractivity contribution >= 4 is 21.8 Å². The van der Waals surface area contributed by atoms with Crippen LogP contribution in [0.25, 0.3) is 0 Å². The third kappa shape index (κ3) is 3.69. The Morgan fingerprint density at radius 1 is 1.60 bits per heavy atom. The van der Waals surface area contributed by atoms with Crippen LogP contribution >= 0.6 is 0 Å². The van der Waals surface area contributed by atoms with Crippen LogP contribution in [0, 0.1) is 10.1 Å². The standard InChI is InChI=1S/C9H11N3O7S/c1-19-9(14)7(5-13)11-20(17,18)6-2-3-8(10-4-6)12(15)16/h2-4,7,11,13H,5H2,1H3. The molecule has 0 spiro atoms. The van der Waals surface area contributed by atoms with E-state index in [-0.39, 0.29) is 4.90 Å². The number of sulfonamides is 1. The Morgan fingerprint density at radius 3 is 2.65 bits per heavy atom. The normalized spacial score (nSPS) is 12.7. The maximum absolute atomic E-state index is 11.9. The van der Waals surface area contributed by atoms with Crippen molar-refractivity contribution in [2.45, 2.75) is 10.9 Å². The number of aliphatic hydroxyl groups is 1. The number of nitrogens with zero attached hydrogens (tertiary/aromatic N) is 2. The number of methoxy groups -OCH3 is 1. The van der Waals surface area contributed by atoms with Gasteiger partial charge in [-0.3, -0.25) is 4.79 Å². The fourth-order valence-corrected chi connectivity index (χ4v) is 2.32. The first-order valence-electron chi connectivity index (χ1n) is 5.13. The minimum Gasteiger partial charge on any atom is -0.468 e. The molecule has 0 bridgehead atoms. The predicted molar refractivity (Wildman–Crippen MR) is 64.1 cm³/mol. The van der Waals surface area contributed by atoms with Crippen LogP contribution in [-0.4, -0.2) is 49.2 Å². The van der Waals surface area contributed by atoms with Crippen molar-refractivity contribution in [3.63, 3.8) is 0 Å². The summed E-state index contributed by atoms with van der Waals surface area (Å²) in [6.07, 6.45) is 0.770. The summed E-state index contributed by atoms with van der Waals surface area (Å²) in [7, 11) is -3.13. The van der Waals surface area contributed by atoms with Crippen LogP contribution in [-0.2, 0) is 19.6 Å². The van der Waals surface area contributed by atoms with Crippen LogP contribution in [0.5, 0.6) is 0 Å².